The second-order valence-electron chi connectivity index (χ2n) is 9.49. The van der Waals surface area contributed by atoms with Crippen molar-refractivity contribution in [2.24, 2.45) is 0 Å². The van der Waals surface area contributed by atoms with Crippen LogP contribution in [0.15, 0.2) is 22.7 Å². The van der Waals surface area contributed by atoms with Gasteiger partial charge >= 0.3 is 0 Å². The highest BCUT2D eigenvalue weighted by Crippen LogP contribution is 2.39. The smallest absolute Gasteiger partial charge is 0.163 e. The van der Waals surface area contributed by atoms with Crippen molar-refractivity contribution in [3.8, 4) is 28.4 Å². The van der Waals surface area contributed by atoms with Crippen LogP contribution in [0.4, 0.5) is 5.82 Å². The van der Waals surface area contributed by atoms with E-state index >= 15 is 0 Å². The van der Waals surface area contributed by atoms with Crippen LogP contribution in [0.25, 0.3) is 22.6 Å². The van der Waals surface area contributed by atoms with E-state index in [1.807, 2.05) is 13.8 Å². The average molecular weight is 550 g/mol. The molecule has 0 radical (unpaired) electrons. The third-order valence-corrected chi connectivity index (χ3v) is 6.91. The Morgan fingerprint density at radius 1 is 1.16 bits per heavy atom. The number of rotatable bonds is 9. The number of hydrogen-bond acceptors (Lipinski definition) is 9. The molecule has 11 heteroatoms. The summed E-state index contributed by atoms with van der Waals surface area (Å²) in [6.45, 7) is 8.33. The third kappa shape index (κ3) is 6.53. The van der Waals surface area contributed by atoms with Gasteiger partial charge < -0.3 is 29.7 Å². The first-order chi connectivity index (χ1) is 17.7. The van der Waals surface area contributed by atoms with Crippen LogP contribution in [0.1, 0.15) is 38.1 Å². The second-order valence-corrected chi connectivity index (χ2v) is 10.3. The molecular formula is C26H33Cl2N5O4. The first kappa shape index (κ1) is 27.6. The molecule has 4 rings (SSSR count). The third-order valence-electron chi connectivity index (χ3n) is 6.22. The number of aliphatic hydroxyl groups is 1. The monoisotopic (exact) mass is 549 g/mol. The molecule has 1 aromatic carbocycles. The molecule has 1 aliphatic rings. The lowest BCUT2D eigenvalue weighted by molar-refractivity contribution is -0.0338. The summed E-state index contributed by atoms with van der Waals surface area (Å²) in [4.78, 5) is 9.61. The highest BCUT2D eigenvalue weighted by molar-refractivity contribution is 6.35. The summed E-state index contributed by atoms with van der Waals surface area (Å²) in [7, 11) is 1.77. The number of hydrogen-bond donors (Lipinski definition) is 3. The maximum Gasteiger partial charge on any atom is 0.163 e. The van der Waals surface area contributed by atoms with Gasteiger partial charge in [0.15, 0.2) is 5.82 Å². The highest BCUT2D eigenvalue weighted by atomic mass is 35.5. The summed E-state index contributed by atoms with van der Waals surface area (Å²) >= 11 is 13.5. The maximum absolute atomic E-state index is 10.0. The molecule has 2 aromatic heterocycles. The summed E-state index contributed by atoms with van der Waals surface area (Å²) in [5.41, 5.74) is 2.46. The predicted molar refractivity (Wildman–Crippen MR) is 145 cm³/mol. The molecule has 1 fully saturated rings. The lowest BCUT2D eigenvalue weighted by atomic mass is 10.00. The van der Waals surface area contributed by atoms with Gasteiger partial charge in [-0.25, -0.2) is 9.97 Å². The molecule has 1 saturated heterocycles. The molecule has 9 nitrogen and oxygen atoms in total. The normalized spacial score (nSPS) is 20.6. The van der Waals surface area contributed by atoms with Gasteiger partial charge in [-0.05, 0) is 65.8 Å². The van der Waals surface area contributed by atoms with Crippen LogP contribution in [0.3, 0.4) is 0 Å². The minimum Gasteiger partial charge on any atom is -0.491 e. The summed E-state index contributed by atoms with van der Waals surface area (Å²) in [6, 6.07) is 5.35. The largest absolute Gasteiger partial charge is 0.491 e. The van der Waals surface area contributed by atoms with Crippen LogP contribution in [0, 0.1) is 13.8 Å². The molecule has 0 spiro atoms. The molecular weight excluding hydrogens is 517 g/mol. The van der Waals surface area contributed by atoms with Gasteiger partial charge in [0.2, 0.25) is 0 Å². The van der Waals surface area contributed by atoms with Crippen molar-refractivity contribution in [1.82, 2.24) is 20.4 Å². The summed E-state index contributed by atoms with van der Waals surface area (Å²) in [6.07, 6.45) is 1.22. The molecule has 3 unspecified atom stereocenters. The average Bonchev–Trinajstić information content (AvgIpc) is 3.17. The Hall–Kier alpha value is -2.43. The van der Waals surface area contributed by atoms with Crippen molar-refractivity contribution in [2.75, 3.05) is 25.5 Å². The van der Waals surface area contributed by atoms with Crippen LogP contribution >= 0.6 is 23.2 Å². The van der Waals surface area contributed by atoms with Crippen LogP contribution in [-0.2, 0) is 4.74 Å². The Bertz CT molecular complexity index is 1210. The fourth-order valence-electron chi connectivity index (χ4n) is 4.62. The van der Waals surface area contributed by atoms with Crippen molar-refractivity contribution in [1.29, 1.82) is 0 Å². The number of aryl methyl sites for hydroxylation is 2. The van der Waals surface area contributed by atoms with Gasteiger partial charge in [-0.15, -0.1) is 0 Å². The zero-order chi connectivity index (χ0) is 26.7. The molecule has 3 heterocycles. The molecule has 200 valence electrons. The van der Waals surface area contributed by atoms with Gasteiger partial charge in [-0.2, -0.15) is 0 Å². The van der Waals surface area contributed by atoms with E-state index in [1.165, 1.54) is 0 Å². The van der Waals surface area contributed by atoms with E-state index in [2.05, 4.69) is 29.6 Å². The van der Waals surface area contributed by atoms with Crippen molar-refractivity contribution in [3.05, 3.63) is 39.7 Å². The Morgan fingerprint density at radius 3 is 2.54 bits per heavy atom. The number of nitrogens with one attached hydrogen (secondary N) is 2. The van der Waals surface area contributed by atoms with Gasteiger partial charge in [-0.1, -0.05) is 28.4 Å². The van der Waals surface area contributed by atoms with E-state index in [4.69, 9.17) is 47.2 Å². The van der Waals surface area contributed by atoms with E-state index in [0.29, 0.717) is 62.3 Å². The van der Waals surface area contributed by atoms with E-state index in [-0.39, 0.29) is 24.9 Å². The fourth-order valence-corrected chi connectivity index (χ4v) is 5.05. The van der Waals surface area contributed by atoms with E-state index < -0.39 is 6.10 Å². The Balaban J connectivity index is 1.76. The SMILES string of the molecule is CNCC(O)COc1ccc(Cl)c(-c2nc(NC3CC(C)OC(C)C3)c(Cl)c(-c3c(C)noc3C)n2)c1. The molecule has 0 bridgehead atoms. The number of halogens is 2. The predicted octanol–water partition coefficient (Wildman–Crippen LogP) is 5.05. The zero-order valence-electron chi connectivity index (χ0n) is 21.6. The Kier molecular flexibility index (Phi) is 8.92. The fraction of sp³-hybridized carbons (Fsp3) is 0.500. The highest BCUT2D eigenvalue weighted by Gasteiger charge is 2.28. The second kappa shape index (κ2) is 12.0. The number of anilines is 1. The van der Waals surface area contributed by atoms with Gasteiger partial charge in [0.05, 0.1) is 28.5 Å². The molecule has 3 N–H and O–H groups in total. The quantitative estimate of drug-likeness (QED) is 0.337. The van der Waals surface area contributed by atoms with Crippen molar-refractivity contribution < 1.29 is 19.1 Å². The van der Waals surface area contributed by atoms with Crippen molar-refractivity contribution in [2.45, 2.75) is 64.9 Å². The number of aromatic nitrogens is 3. The van der Waals surface area contributed by atoms with Gasteiger partial charge in [0, 0.05) is 18.2 Å². The zero-order valence-corrected chi connectivity index (χ0v) is 23.2. The van der Waals surface area contributed by atoms with E-state index in [0.717, 1.165) is 12.8 Å². The molecule has 0 amide bonds. The molecule has 0 aliphatic carbocycles. The number of nitrogens with zero attached hydrogens (tertiary/aromatic N) is 3. The first-order valence-electron chi connectivity index (χ1n) is 12.3. The summed E-state index contributed by atoms with van der Waals surface area (Å²) < 4.78 is 17.1. The van der Waals surface area contributed by atoms with Crippen LogP contribution in [0.2, 0.25) is 10.0 Å². The maximum atomic E-state index is 10.0. The summed E-state index contributed by atoms with van der Waals surface area (Å²) in [5, 5.41) is 21.4. The number of benzene rings is 1. The minimum absolute atomic E-state index is 0.116. The van der Waals surface area contributed by atoms with Crippen LogP contribution in [0.5, 0.6) is 5.75 Å². The number of likely N-dealkylation sites (N-methyl/N-ethyl adjacent to an activating group) is 1. The standard InChI is InChI=1S/C26H33Cl2N5O4/c1-13-8-17(9-14(2)36-13)30-26-23(28)24(22-15(3)33-37-16(22)4)31-25(32-26)20-10-19(6-7-21(20)27)35-12-18(34)11-29-5/h6-7,10,13-14,17-18,29,34H,8-9,11-12H2,1-5H3,(H,30,31,32). The molecule has 0 saturated carbocycles. The topological polar surface area (TPSA) is 115 Å². The molecule has 37 heavy (non-hydrogen) atoms. The van der Waals surface area contributed by atoms with Gasteiger partial charge in [-0.3, -0.25) is 0 Å². The minimum atomic E-state index is -0.651. The lowest BCUT2D eigenvalue weighted by Crippen LogP contribution is -2.37. The number of aliphatic hydroxyl groups excluding tert-OH is 1. The van der Waals surface area contributed by atoms with E-state index in [9.17, 15) is 5.11 Å². The van der Waals surface area contributed by atoms with Crippen molar-refractivity contribution in [3.63, 3.8) is 0 Å². The van der Waals surface area contributed by atoms with Crippen LogP contribution < -0.4 is 15.4 Å². The first-order valence-corrected chi connectivity index (χ1v) is 13.1. The van der Waals surface area contributed by atoms with E-state index in [1.54, 1.807) is 25.2 Å². The summed E-state index contributed by atoms with van der Waals surface area (Å²) in [5.74, 6) is 2.01. The number of ether oxygens (including phenoxy) is 2. The van der Waals surface area contributed by atoms with Crippen molar-refractivity contribution >= 4 is 29.0 Å². The molecule has 3 atom stereocenters. The van der Waals surface area contributed by atoms with Gasteiger partial charge in [0.1, 0.15) is 40.8 Å². The van der Waals surface area contributed by atoms with Crippen LogP contribution in [-0.4, -0.2) is 64.8 Å². The Morgan fingerprint density at radius 2 is 1.89 bits per heavy atom. The molecule has 3 aromatic rings. The Labute approximate surface area is 226 Å². The van der Waals surface area contributed by atoms with Gasteiger partial charge in [0.25, 0.3) is 0 Å². The molecule has 1 aliphatic heterocycles. The lowest BCUT2D eigenvalue weighted by Gasteiger charge is -2.33.